The van der Waals surface area contributed by atoms with Crippen LogP contribution in [-0.2, 0) is 6.42 Å². The molecule has 6 rings (SSSR count). The van der Waals surface area contributed by atoms with E-state index in [1.54, 1.807) is 12.1 Å². The number of carbonyl (C=O) groups is 1. The van der Waals surface area contributed by atoms with E-state index in [2.05, 4.69) is 31.8 Å². The van der Waals surface area contributed by atoms with Crippen molar-refractivity contribution in [3.63, 3.8) is 0 Å². The highest BCUT2D eigenvalue weighted by Gasteiger charge is 2.26. The minimum atomic E-state index is -0.543. The SMILES string of the molecule is Cc1cc(-c2ncc(F)c(Nc3ccc4c(c3)CCNC4=O)n2)ccc1-n1cnc(C2CC2)c1. The standard InChI is InChI=1S/C26H23FN6O/c1-15-10-18(4-7-23(15)33-13-22(30-14-33)16-2-3-16)24-29-12-21(27)25(32-24)31-19-5-6-20-17(11-19)8-9-28-26(20)34/h4-7,10-14,16H,2-3,8-9H2,1H3,(H,28,34)(H,29,31,32). The number of fused-ring (bicyclic) bond motifs is 1. The summed E-state index contributed by atoms with van der Waals surface area (Å²) in [5.41, 5.74) is 6.29. The smallest absolute Gasteiger partial charge is 0.251 e. The summed E-state index contributed by atoms with van der Waals surface area (Å²) in [5, 5.41) is 5.87. The molecular formula is C26H23FN6O. The maximum atomic E-state index is 14.5. The number of aryl methyl sites for hydroxylation is 1. The van der Waals surface area contributed by atoms with Crippen molar-refractivity contribution in [2.75, 3.05) is 11.9 Å². The van der Waals surface area contributed by atoms with Crippen LogP contribution in [0, 0.1) is 12.7 Å². The lowest BCUT2D eigenvalue weighted by molar-refractivity contribution is 0.0946. The van der Waals surface area contributed by atoms with Gasteiger partial charge >= 0.3 is 0 Å². The van der Waals surface area contributed by atoms with E-state index in [9.17, 15) is 9.18 Å². The quantitative estimate of drug-likeness (QED) is 0.457. The van der Waals surface area contributed by atoms with Gasteiger partial charge < -0.3 is 15.2 Å². The molecule has 3 heterocycles. The minimum Gasteiger partial charge on any atom is -0.352 e. The molecule has 4 aromatic rings. The Morgan fingerprint density at radius 3 is 2.85 bits per heavy atom. The number of rotatable bonds is 5. The molecular weight excluding hydrogens is 431 g/mol. The third-order valence-electron chi connectivity index (χ3n) is 6.37. The lowest BCUT2D eigenvalue weighted by Gasteiger charge is -2.17. The number of halogens is 1. The summed E-state index contributed by atoms with van der Waals surface area (Å²) < 4.78 is 16.6. The van der Waals surface area contributed by atoms with Gasteiger partial charge in [-0.25, -0.2) is 19.3 Å². The van der Waals surface area contributed by atoms with Gasteiger partial charge in [-0.2, -0.15) is 0 Å². The Balaban J connectivity index is 1.27. The Bertz CT molecular complexity index is 1420. The first-order chi connectivity index (χ1) is 16.5. The second kappa shape index (κ2) is 8.06. The molecule has 0 spiro atoms. The van der Waals surface area contributed by atoms with Crippen molar-refractivity contribution in [3.8, 4) is 17.1 Å². The fourth-order valence-corrected chi connectivity index (χ4v) is 4.38. The second-order valence-electron chi connectivity index (χ2n) is 8.87. The summed E-state index contributed by atoms with van der Waals surface area (Å²) in [6, 6.07) is 11.3. The van der Waals surface area contributed by atoms with Gasteiger partial charge in [0.15, 0.2) is 17.5 Å². The van der Waals surface area contributed by atoms with E-state index < -0.39 is 5.82 Å². The number of imidazole rings is 1. The Kier molecular flexibility index (Phi) is 4.86. The molecule has 8 heteroatoms. The summed E-state index contributed by atoms with van der Waals surface area (Å²) in [6.07, 6.45) is 8.30. The summed E-state index contributed by atoms with van der Waals surface area (Å²) in [5.74, 6) is 0.502. The molecule has 2 aliphatic rings. The maximum absolute atomic E-state index is 14.5. The van der Waals surface area contributed by atoms with Crippen LogP contribution in [0.2, 0.25) is 0 Å². The molecule has 2 aromatic heterocycles. The topological polar surface area (TPSA) is 84.7 Å². The van der Waals surface area contributed by atoms with Gasteiger partial charge in [0.1, 0.15) is 0 Å². The first-order valence-corrected chi connectivity index (χ1v) is 11.4. The van der Waals surface area contributed by atoms with Gasteiger partial charge in [0.25, 0.3) is 5.91 Å². The van der Waals surface area contributed by atoms with Crippen molar-refractivity contribution in [3.05, 3.63) is 83.3 Å². The van der Waals surface area contributed by atoms with Crippen LogP contribution in [0.5, 0.6) is 0 Å². The highest BCUT2D eigenvalue weighted by Crippen LogP contribution is 2.39. The first kappa shape index (κ1) is 20.5. The Labute approximate surface area is 196 Å². The predicted octanol–water partition coefficient (Wildman–Crippen LogP) is 4.68. The van der Waals surface area contributed by atoms with E-state index in [4.69, 9.17) is 0 Å². The molecule has 170 valence electrons. The monoisotopic (exact) mass is 454 g/mol. The molecule has 0 radical (unpaired) electrons. The van der Waals surface area contributed by atoms with Gasteiger partial charge in [0.2, 0.25) is 0 Å². The van der Waals surface area contributed by atoms with Gasteiger partial charge in [-0.15, -0.1) is 0 Å². The van der Waals surface area contributed by atoms with Crippen LogP contribution >= 0.6 is 0 Å². The first-order valence-electron chi connectivity index (χ1n) is 11.4. The third kappa shape index (κ3) is 3.81. The lowest BCUT2D eigenvalue weighted by Crippen LogP contribution is -2.31. The summed E-state index contributed by atoms with van der Waals surface area (Å²) in [7, 11) is 0. The van der Waals surface area contributed by atoms with E-state index in [1.807, 2.05) is 42.1 Å². The van der Waals surface area contributed by atoms with Crippen molar-refractivity contribution in [2.24, 2.45) is 0 Å². The summed E-state index contributed by atoms with van der Waals surface area (Å²) in [6.45, 7) is 2.62. The molecule has 0 bridgehead atoms. The molecule has 1 aliphatic heterocycles. The van der Waals surface area contributed by atoms with Gasteiger partial charge in [-0.1, -0.05) is 0 Å². The molecule has 1 saturated carbocycles. The summed E-state index contributed by atoms with van der Waals surface area (Å²) in [4.78, 5) is 25.2. The average molecular weight is 455 g/mol. The van der Waals surface area contributed by atoms with E-state index in [-0.39, 0.29) is 11.7 Å². The number of benzene rings is 2. The van der Waals surface area contributed by atoms with Crippen molar-refractivity contribution in [2.45, 2.75) is 32.1 Å². The zero-order valence-electron chi connectivity index (χ0n) is 18.7. The number of nitrogens with zero attached hydrogens (tertiary/aromatic N) is 4. The highest BCUT2D eigenvalue weighted by molar-refractivity contribution is 5.97. The normalized spacial score (nSPS) is 15.1. The zero-order valence-corrected chi connectivity index (χ0v) is 18.7. The molecule has 2 aromatic carbocycles. The predicted molar refractivity (Wildman–Crippen MR) is 127 cm³/mol. The number of hydrogen-bond donors (Lipinski definition) is 2. The van der Waals surface area contributed by atoms with Crippen LogP contribution in [0.15, 0.2) is 55.1 Å². The molecule has 0 unspecified atom stereocenters. The average Bonchev–Trinajstić information content (AvgIpc) is 3.57. The van der Waals surface area contributed by atoms with E-state index >= 15 is 0 Å². The fraction of sp³-hybridized carbons (Fsp3) is 0.231. The summed E-state index contributed by atoms with van der Waals surface area (Å²) >= 11 is 0. The molecule has 7 nitrogen and oxygen atoms in total. The largest absolute Gasteiger partial charge is 0.352 e. The number of anilines is 2. The number of aromatic nitrogens is 4. The number of hydrogen-bond acceptors (Lipinski definition) is 5. The Morgan fingerprint density at radius 1 is 1.15 bits per heavy atom. The van der Waals surface area contributed by atoms with E-state index in [0.717, 1.165) is 34.5 Å². The number of amides is 1. The Hall–Kier alpha value is -4.07. The van der Waals surface area contributed by atoms with E-state index in [0.29, 0.717) is 29.5 Å². The van der Waals surface area contributed by atoms with Crippen LogP contribution in [0.4, 0.5) is 15.9 Å². The molecule has 0 atom stereocenters. The van der Waals surface area contributed by atoms with Crippen LogP contribution < -0.4 is 10.6 Å². The third-order valence-corrected chi connectivity index (χ3v) is 6.37. The second-order valence-corrected chi connectivity index (χ2v) is 8.87. The highest BCUT2D eigenvalue weighted by atomic mass is 19.1. The van der Waals surface area contributed by atoms with Gasteiger partial charge in [-0.05, 0) is 73.7 Å². The Morgan fingerprint density at radius 2 is 2.03 bits per heavy atom. The molecule has 0 saturated heterocycles. The fourth-order valence-electron chi connectivity index (χ4n) is 4.38. The van der Waals surface area contributed by atoms with Gasteiger partial charge in [0.05, 0.1) is 18.2 Å². The van der Waals surface area contributed by atoms with Crippen molar-refractivity contribution < 1.29 is 9.18 Å². The molecule has 34 heavy (non-hydrogen) atoms. The van der Waals surface area contributed by atoms with Crippen molar-refractivity contribution >= 4 is 17.4 Å². The maximum Gasteiger partial charge on any atom is 0.251 e. The molecule has 1 amide bonds. The van der Waals surface area contributed by atoms with Crippen molar-refractivity contribution in [1.82, 2.24) is 24.8 Å². The van der Waals surface area contributed by atoms with E-state index in [1.165, 1.54) is 19.0 Å². The molecule has 2 N–H and O–H groups in total. The van der Waals surface area contributed by atoms with Crippen molar-refractivity contribution in [1.29, 1.82) is 0 Å². The minimum absolute atomic E-state index is 0.0819. The van der Waals surface area contributed by atoms with Crippen LogP contribution in [0.25, 0.3) is 17.1 Å². The van der Waals surface area contributed by atoms with Crippen LogP contribution in [0.1, 0.15) is 45.9 Å². The van der Waals surface area contributed by atoms with Crippen LogP contribution in [0.3, 0.4) is 0 Å². The van der Waals surface area contributed by atoms with Gasteiger partial charge in [-0.3, -0.25) is 4.79 Å². The lowest BCUT2D eigenvalue weighted by atomic mass is 10.00. The number of carbonyl (C=O) groups excluding carboxylic acids is 1. The zero-order chi connectivity index (χ0) is 23.2. The molecule has 1 aliphatic carbocycles. The molecule has 1 fully saturated rings. The number of nitrogens with one attached hydrogen (secondary N) is 2. The van der Waals surface area contributed by atoms with Crippen LogP contribution in [-0.4, -0.2) is 32.0 Å². The van der Waals surface area contributed by atoms with Gasteiger partial charge in [0, 0.05) is 41.2 Å².